The minimum absolute atomic E-state index is 0.0741. The Hall–Kier alpha value is -2.28. The van der Waals surface area contributed by atoms with Gasteiger partial charge in [0.25, 0.3) is 0 Å². The third-order valence-electron chi connectivity index (χ3n) is 5.12. The first-order valence-corrected chi connectivity index (χ1v) is 12.3. The zero-order valence-corrected chi connectivity index (χ0v) is 18.5. The summed E-state index contributed by atoms with van der Waals surface area (Å²) >= 11 is 4.57. The van der Waals surface area contributed by atoms with Gasteiger partial charge in [-0.2, -0.15) is 5.26 Å². The second-order valence-electron chi connectivity index (χ2n) is 6.64. The third-order valence-corrected chi connectivity index (χ3v) is 7.75. The van der Waals surface area contributed by atoms with Crippen LogP contribution in [0.1, 0.15) is 30.7 Å². The van der Waals surface area contributed by atoms with Gasteiger partial charge in [-0.1, -0.05) is 35.2 Å². The van der Waals surface area contributed by atoms with Crippen molar-refractivity contribution < 1.29 is 4.79 Å². The van der Waals surface area contributed by atoms with Crippen LogP contribution in [0.5, 0.6) is 0 Å². The minimum atomic E-state index is -0.442. The monoisotopic (exact) mass is 441 g/mol. The van der Waals surface area contributed by atoms with Crippen molar-refractivity contribution in [2.45, 2.75) is 34.4 Å². The molecule has 1 unspecified atom stereocenters. The van der Waals surface area contributed by atoms with Crippen LogP contribution in [-0.4, -0.2) is 28.5 Å². The summed E-state index contributed by atoms with van der Waals surface area (Å²) in [7, 11) is 0. The quantitative estimate of drug-likeness (QED) is 0.702. The van der Waals surface area contributed by atoms with Crippen LogP contribution in [0.15, 0.2) is 56.2 Å². The molecule has 0 amide bonds. The van der Waals surface area contributed by atoms with Gasteiger partial charge < -0.3 is 5.73 Å². The summed E-state index contributed by atoms with van der Waals surface area (Å²) in [5, 5.41) is 19.0. The Morgan fingerprint density at radius 1 is 1.21 bits per heavy atom. The Balaban J connectivity index is 1.91. The molecule has 2 heterocycles. The smallest absolute Gasteiger partial charge is 0.219 e. The van der Waals surface area contributed by atoms with E-state index >= 15 is 0 Å². The average molecular weight is 442 g/mol. The number of nitrogens with two attached hydrogens (primary N) is 1. The number of nitrogens with zero attached hydrogens (tertiary/aromatic N) is 4. The van der Waals surface area contributed by atoms with E-state index in [1.165, 1.54) is 23.1 Å². The van der Waals surface area contributed by atoms with Crippen LogP contribution in [0.25, 0.3) is 0 Å². The maximum atomic E-state index is 13.0. The van der Waals surface area contributed by atoms with E-state index in [-0.39, 0.29) is 5.78 Å². The van der Waals surface area contributed by atoms with Crippen molar-refractivity contribution in [2.24, 2.45) is 5.73 Å². The molecule has 2 N–H and O–H groups in total. The molecule has 6 nitrogen and oxygen atoms in total. The van der Waals surface area contributed by atoms with Crippen molar-refractivity contribution >= 4 is 45.8 Å². The lowest BCUT2D eigenvalue weighted by Crippen LogP contribution is -2.38. The minimum Gasteiger partial charge on any atom is -0.384 e. The molecule has 1 aromatic carbocycles. The molecule has 148 valence electrons. The molecule has 29 heavy (non-hydrogen) atoms. The van der Waals surface area contributed by atoms with Crippen molar-refractivity contribution in [1.29, 1.82) is 5.26 Å². The fourth-order valence-corrected chi connectivity index (χ4v) is 5.52. The number of anilines is 1. The molecule has 0 radical (unpaired) electrons. The molecule has 0 saturated heterocycles. The van der Waals surface area contributed by atoms with Crippen molar-refractivity contribution in [3.63, 3.8) is 0 Å². The number of ketones is 1. The first-order chi connectivity index (χ1) is 14.1. The maximum absolute atomic E-state index is 13.0. The van der Waals surface area contributed by atoms with E-state index in [1.54, 1.807) is 16.7 Å². The van der Waals surface area contributed by atoms with Crippen LogP contribution in [0, 0.1) is 11.3 Å². The molecule has 1 aromatic heterocycles. The second kappa shape index (κ2) is 8.22. The van der Waals surface area contributed by atoms with E-state index in [1.807, 2.05) is 36.8 Å². The van der Waals surface area contributed by atoms with E-state index in [0.29, 0.717) is 34.9 Å². The number of carbonyl (C=O) groups is 1. The summed E-state index contributed by atoms with van der Waals surface area (Å²) in [5.41, 5.74) is 9.33. The number of hydrogen-bond acceptors (Lipinski definition) is 9. The highest BCUT2D eigenvalue weighted by Gasteiger charge is 2.41. The molecule has 0 spiro atoms. The highest BCUT2D eigenvalue weighted by Crippen LogP contribution is 2.47. The average Bonchev–Trinajstić information content (AvgIpc) is 3.22. The summed E-state index contributed by atoms with van der Waals surface area (Å²) in [6.07, 6.45) is 5.91. The summed E-state index contributed by atoms with van der Waals surface area (Å²) in [6.45, 7) is 0. The van der Waals surface area contributed by atoms with Gasteiger partial charge in [-0.25, -0.2) is 0 Å². The van der Waals surface area contributed by atoms with Gasteiger partial charge in [-0.3, -0.25) is 9.69 Å². The van der Waals surface area contributed by atoms with Gasteiger partial charge in [0.1, 0.15) is 5.82 Å². The number of aromatic nitrogens is 2. The molecular weight excluding hydrogens is 422 g/mol. The number of rotatable bonds is 4. The molecule has 1 aliphatic carbocycles. The standard InChI is InChI=1S/C20H19N5OS3/c1-27-12-8-6-11(7-9-12)16-13(10-21)18(22)25(19-23-24-20(28-2)29-19)14-4-3-5-15(26)17(14)16/h6-9,16H,3-5,22H2,1-2H3. The van der Waals surface area contributed by atoms with E-state index in [4.69, 9.17) is 5.73 Å². The van der Waals surface area contributed by atoms with Gasteiger partial charge in [0, 0.05) is 22.6 Å². The highest BCUT2D eigenvalue weighted by atomic mass is 32.2. The van der Waals surface area contributed by atoms with Crippen LogP contribution < -0.4 is 10.6 Å². The number of hydrogen-bond donors (Lipinski definition) is 1. The van der Waals surface area contributed by atoms with Gasteiger partial charge in [0.15, 0.2) is 10.1 Å². The molecule has 2 aliphatic rings. The van der Waals surface area contributed by atoms with Gasteiger partial charge >= 0.3 is 0 Å². The van der Waals surface area contributed by atoms with E-state index in [2.05, 4.69) is 16.3 Å². The van der Waals surface area contributed by atoms with E-state index in [9.17, 15) is 10.1 Å². The lowest BCUT2D eigenvalue weighted by Gasteiger charge is -2.38. The Kier molecular flexibility index (Phi) is 5.67. The molecule has 4 rings (SSSR count). The molecule has 0 bridgehead atoms. The SMILES string of the molecule is CSc1ccc(C2C(C#N)=C(N)N(c3nnc(SC)s3)C3=C2C(=O)CCC3)cc1. The van der Waals surface area contributed by atoms with Crippen molar-refractivity contribution in [1.82, 2.24) is 10.2 Å². The Labute approximate surface area is 181 Å². The largest absolute Gasteiger partial charge is 0.384 e. The predicted molar refractivity (Wildman–Crippen MR) is 118 cm³/mol. The number of benzene rings is 1. The summed E-state index contributed by atoms with van der Waals surface area (Å²) in [5.74, 6) is -0.0309. The number of thioether (sulfide) groups is 2. The molecule has 0 saturated carbocycles. The fourth-order valence-electron chi connectivity index (χ4n) is 3.81. The number of allylic oxidation sites excluding steroid dienone is 3. The molecule has 1 atom stereocenters. The van der Waals surface area contributed by atoms with Crippen LogP contribution in [0.4, 0.5) is 5.13 Å². The van der Waals surface area contributed by atoms with E-state index in [0.717, 1.165) is 26.9 Å². The van der Waals surface area contributed by atoms with Gasteiger partial charge in [-0.05, 0) is 43.0 Å². The molecule has 9 heteroatoms. The van der Waals surface area contributed by atoms with Gasteiger partial charge in [0.05, 0.1) is 17.6 Å². The zero-order chi connectivity index (χ0) is 20.5. The van der Waals surface area contributed by atoms with Crippen molar-refractivity contribution in [3.05, 3.63) is 52.5 Å². The lowest BCUT2D eigenvalue weighted by molar-refractivity contribution is -0.116. The van der Waals surface area contributed by atoms with Gasteiger partial charge in [-0.15, -0.1) is 22.0 Å². The summed E-state index contributed by atoms with van der Waals surface area (Å²) in [4.78, 5) is 15.9. The first kappa shape index (κ1) is 20.0. The zero-order valence-electron chi connectivity index (χ0n) is 16.0. The van der Waals surface area contributed by atoms with Crippen molar-refractivity contribution in [2.75, 3.05) is 17.4 Å². The predicted octanol–water partition coefficient (Wildman–Crippen LogP) is 4.29. The fraction of sp³-hybridized carbons (Fsp3) is 0.300. The highest BCUT2D eigenvalue weighted by molar-refractivity contribution is 8.00. The third kappa shape index (κ3) is 3.45. The van der Waals surface area contributed by atoms with Crippen molar-refractivity contribution in [3.8, 4) is 6.07 Å². The normalized spacial score (nSPS) is 19.4. The molecule has 2 aromatic rings. The number of carbonyl (C=O) groups excluding carboxylic acids is 1. The lowest BCUT2D eigenvalue weighted by atomic mass is 9.76. The Morgan fingerprint density at radius 3 is 2.59 bits per heavy atom. The summed E-state index contributed by atoms with van der Waals surface area (Å²) in [6, 6.07) is 10.3. The first-order valence-electron chi connectivity index (χ1n) is 9.06. The second-order valence-corrected chi connectivity index (χ2v) is 9.53. The number of Topliss-reactive ketones (excluding diaryl/α,β-unsaturated/α-hetero) is 1. The van der Waals surface area contributed by atoms with Crippen LogP contribution in [0.2, 0.25) is 0 Å². The van der Waals surface area contributed by atoms with Crippen LogP contribution in [0.3, 0.4) is 0 Å². The topological polar surface area (TPSA) is 95.9 Å². The van der Waals surface area contributed by atoms with Crippen LogP contribution >= 0.6 is 34.9 Å². The molecular formula is C20H19N5OS3. The maximum Gasteiger partial charge on any atom is 0.219 e. The Morgan fingerprint density at radius 2 is 1.97 bits per heavy atom. The van der Waals surface area contributed by atoms with Crippen LogP contribution in [-0.2, 0) is 4.79 Å². The van der Waals surface area contributed by atoms with Gasteiger partial charge in [0.2, 0.25) is 5.13 Å². The molecule has 1 aliphatic heterocycles. The Bertz CT molecular complexity index is 1060. The number of nitriles is 1. The van der Waals surface area contributed by atoms with E-state index < -0.39 is 5.92 Å². The molecule has 0 fully saturated rings. The summed E-state index contributed by atoms with van der Waals surface area (Å²) < 4.78 is 0.811.